The average molecular weight is 315 g/mol. The Morgan fingerprint density at radius 2 is 1.96 bits per heavy atom. The van der Waals surface area contributed by atoms with Gasteiger partial charge in [-0.3, -0.25) is 0 Å². The molecule has 5 nitrogen and oxygen atoms in total. The normalized spacial score (nSPS) is 18.5. The summed E-state index contributed by atoms with van der Waals surface area (Å²) in [7, 11) is 0. The van der Waals surface area contributed by atoms with Crippen molar-refractivity contribution < 1.29 is 9.90 Å². The maximum absolute atomic E-state index is 12.2. The number of urea groups is 1. The van der Waals surface area contributed by atoms with Gasteiger partial charge in [0.15, 0.2) is 0 Å². The van der Waals surface area contributed by atoms with Crippen LogP contribution in [0.5, 0.6) is 0 Å². The maximum Gasteiger partial charge on any atom is 0.317 e. The summed E-state index contributed by atoms with van der Waals surface area (Å²) in [4.78, 5) is 16.4. The Bertz CT molecular complexity index is 557. The fourth-order valence-electron chi connectivity index (χ4n) is 3.16. The lowest BCUT2D eigenvalue weighted by molar-refractivity contribution is 0.137. The van der Waals surface area contributed by atoms with Crippen LogP contribution in [0.2, 0.25) is 0 Å². The second-order valence-corrected chi connectivity index (χ2v) is 6.32. The molecule has 0 saturated carbocycles. The fraction of sp³-hybridized carbons (Fsp3) is 0.500. The van der Waals surface area contributed by atoms with Crippen molar-refractivity contribution in [1.82, 2.24) is 10.2 Å². The zero-order valence-electron chi connectivity index (χ0n) is 13.4. The summed E-state index contributed by atoms with van der Waals surface area (Å²) in [5.41, 5.74) is 2.32. The van der Waals surface area contributed by atoms with Crippen LogP contribution in [-0.4, -0.2) is 48.8 Å². The minimum atomic E-state index is -0.00497. The number of hydrogen-bond acceptors (Lipinski definition) is 3. The first kappa shape index (κ1) is 15.9. The smallest absolute Gasteiger partial charge is 0.317 e. The molecule has 0 radical (unpaired) electrons. The van der Waals surface area contributed by atoms with Crippen LogP contribution in [0, 0.1) is 5.92 Å². The predicted molar refractivity (Wildman–Crippen MR) is 91.4 cm³/mol. The molecule has 0 unspecified atom stereocenters. The molecular weight excluding hydrogens is 290 g/mol. The fourth-order valence-corrected chi connectivity index (χ4v) is 3.16. The van der Waals surface area contributed by atoms with Gasteiger partial charge in [0.05, 0.1) is 0 Å². The third-order valence-electron chi connectivity index (χ3n) is 4.70. The van der Waals surface area contributed by atoms with Crippen molar-refractivity contribution in [1.29, 1.82) is 0 Å². The summed E-state index contributed by atoms with van der Waals surface area (Å²) in [6.07, 6.45) is 6.12. The van der Waals surface area contributed by atoms with E-state index in [0.717, 1.165) is 44.6 Å². The number of amides is 2. The maximum atomic E-state index is 12.2. The van der Waals surface area contributed by atoms with Gasteiger partial charge in [0.1, 0.15) is 0 Å². The van der Waals surface area contributed by atoms with Gasteiger partial charge in [-0.2, -0.15) is 0 Å². The van der Waals surface area contributed by atoms with Crippen LogP contribution in [0.1, 0.15) is 18.4 Å². The summed E-state index contributed by atoms with van der Waals surface area (Å²) in [5.74, 6) is 0.352. The van der Waals surface area contributed by atoms with Gasteiger partial charge >= 0.3 is 6.03 Å². The Morgan fingerprint density at radius 3 is 2.65 bits per heavy atom. The van der Waals surface area contributed by atoms with E-state index in [1.165, 1.54) is 5.69 Å². The Morgan fingerprint density at radius 1 is 1.22 bits per heavy atom. The van der Waals surface area contributed by atoms with Gasteiger partial charge in [-0.05, 0) is 36.5 Å². The lowest BCUT2D eigenvalue weighted by Crippen LogP contribution is -2.44. The number of benzene rings is 1. The van der Waals surface area contributed by atoms with Gasteiger partial charge in [-0.15, -0.1) is 0 Å². The van der Waals surface area contributed by atoms with Crippen LogP contribution in [0.4, 0.5) is 10.5 Å². The van der Waals surface area contributed by atoms with Crippen molar-refractivity contribution >= 4 is 11.7 Å². The summed E-state index contributed by atoms with van der Waals surface area (Å²) < 4.78 is 0. The molecule has 5 heteroatoms. The van der Waals surface area contributed by atoms with Gasteiger partial charge in [0.2, 0.25) is 0 Å². The van der Waals surface area contributed by atoms with Crippen LogP contribution in [0.25, 0.3) is 0 Å². The first-order chi connectivity index (χ1) is 11.3. The number of hydrogen-bond donors (Lipinski definition) is 2. The van der Waals surface area contributed by atoms with Crippen molar-refractivity contribution in [3.63, 3.8) is 0 Å². The summed E-state index contributed by atoms with van der Waals surface area (Å²) >= 11 is 0. The first-order valence-corrected chi connectivity index (χ1v) is 8.39. The molecule has 1 fully saturated rings. The molecular formula is C18H25N3O2. The molecule has 0 aliphatic carbocycles. The number of nitrogens with zero attached hydrogens (tertiary/aromatic N) is 2. The van der Waals surface area contributed by atoms with E-state index in [4.69, 9.17) is 5.11 Å². The summed E-state index contributed by atoms with van der Waals surface area (Å²) in [5, 5.41) is 12.2. The van der Waals surface area contributed by atoms with E-state index >= 15 is 0 Å². The van der Waals surface area contributed by atoms with E-state index in [-0.39, 0.29) is 12.6 Å². The number of carbonyl (C=O) groups is 1. The zero-order valence-corrected chi connectivity index (χ0v) is 13.4. The molecule has 1 saturated heterocycles. The number of anilines is 1. The van der Waals surface area contributed by atoms with Gasteiger partial charge in [-0.25, -0.2) is 4.79 Å². The molecule has 2 amide bonds. The molecule has 0 aromatic heterocycles. The van der Waals surface area contributed by atoms with E-state index in [2.05, 4.69) is 34.5 Å². The lowest BCUT2D eigenvalue weighted by Gasteiger charge is -2.31. The van der Waals surface area contributed by atoms with Gasteiger partial charge in [0, 0.05) is 45.0 Å². The Balaban J connectivity index is 1.50. The van der Waals surface area contributed by atoms with Crippen molar-refractivity contribution in [2.24, 2.45) is 5.92 Å². The van der Waals surface area contributed by atoms with Crippen LogP contribution in [0.3, 0.4) is 0 Å². The van der Waals surface area contributed by atoms with Crippen molar-refractivity contribution in [2.75, 3.05) is 37.7 Å². The van der Waals surface area contributed by atoms with Crippen LogP contribution >= 0.6 is 0 Å². The van der Waals surface area contributed by atoms with Gasteiger partial charge in [0.25, 0.3) is 0 Å². The van der Waals surface area contributed by atoms with E-state index in [1.54, 1.807) is 0 Å². The van der Waals surface area contributed by atoms with E-state index < -0.39 is 0 Å². The van der Waals surface area contributed by atoms with Crippen molar-refractivity contribution in [3.8, 4) is 0 Å². The standard InChI is InChI=1S/C18H25N3O2/c22-14-15-6-10-21(11-7-15)18(23)19-13-16-4-3-5-17(12-16)20-8-1-2-9-20/h1-5,12,15,22H,6-11,13-14H2,(H,19,23). The number of rotatable bonds is 4. The number of aliphatic hydroxyl groups excluding tert-OH is 1. The van der Waals surface area contributed by atoms with E-state index in [0.29, 0.717) is 12.5 Å². The monoisotopic (exact) mass is 315 g/mol. The predicted octanol–water partition coefficient (Wildman–Crippen LogP) is 1.98. The topological polar surface area (TPSA) is 55.8 Å². The van der Waals surface area contributed by atoms with Crippen LogP contribution in [0.15, 0.2) is 36.4 Å². The highest BCUT2D eigenvalue weighted by Gasteiger charge is 2.21. The molecule has 0 atom stereocenters. The second kappa shape index (κ2) is 7.51. The highest BCUT2D eigenvalue weighted by atomic mass is 16.3. The number of likely N-dealkylation sites (tertiary alicyclic amines) is 1. The molecule has 2 aliphatic heterocycles. The first-order valence-electron chi connectivity index (χ1n) is 8.39. The van der Waals surface area contributed by atoms with Crippen molar-refractivity contribution in [2.45, 2.75) is 19.4 Å². The summed E-state index contributed by atoms with van der Waals surface area (Å²) in [6.45, 7) is 4.15. The van der Waals surface area contributed by atoms with Gasteiger partial charge < -0.3 is 20.2 Å². The minimum absolute atomic E-state index is 0.00497. The molecule has 2 heterocycles. The Hall–Kier alpha value is -2.01. The molecule has 2 aliphatic rings. The average Bonchev–Trinajstić information content (AvgIpc) is 3.15. The molecule has 1 aromatic rings. The number of aliphatic hydroxyl groups is 1. The molecule has 23 heavy (non-hydrogen) atoms. The zero-order chi connectivity index (χ0) is 16.1. The third kappa shape index (κ3) is 4.05. The third-order valence-corrected chi connectivity index (χ3v) is 4.70. The highest BCUT2D eigenvalue weighted by molar-refractivity contribution is 5.74. The number of piperidine rings is 1. The molecule has 1 aromatic carbocycles. The highest BCUT2D eigenvalue weighted by Crippen LogP contribution is 2.19. The van der Waals surface area contributed by atoms with Crippen LogP contribution < -0.4 is 10.2 Å². The summed E-state index contributed by atoms with van der Waals surface area (Å²) in [6, 6.07) is 8.34. The molecule has 3 rings (SSSR count). The SMILES string of the molecule is O=C(NCc1cccc(N2CC=CC2)c1)N1CCC(CO)CC1. The molecule has 2 N–H and O–H groups in total. The molecule has 0 spiro atoms. The van der Waals surface area contributed by atoms with Gasteiger partial charge in [-0.1, -0.05) is 24.3 Å². The number of nitrogens with one attached hydrogen (secondary N) is 1. The van der Waals surface area contributed by atoms with E-state index in [1.807, 2.05) is 17.0 Å². The second-order valence-electron chi connectivity index (χ2n) is 6.32. The molecule has 124 valence electrons. The lowest BCUT2D eigenvalue weighted by atomic mass is 9.98. The van der Waals surface area contributed by atoms with Crippen LogP contribution in [-0.2, 0) is 6.54 Å². The molecule has 0 bridgehead atoms. The number of carbonyl (C=O) groups excluding carboxylic acids is 1. The van der Waals surface area contributed by atoms with Crippen molar-refractivity contribution in [3.05, 3.63) is 42.0 Å². The quantitative estimate of drug-likeness (QED) is 0.835. The van der Waals surface area contributed by atoms with E-state index in [9.17, 15) is 4.79 Å². The Labute approximate surface area is 137 Å². The largest absolute Gasteiger partial charge is 0.396 e. The Kier molecular flexibility index (Phi) is 5.18. The minimum Gasteiger partial charge on any atom is -0.396 e.